The summed E-state index contributed by atoms with van der Waals surface area (Å²) in [5.74, 6) is 1.20. The quantitative estimate of drug-likeness (QED) is 0.653. The summed E-state index contributed by atoms with van der Waals surface area (Å²) in [6, 6.07) is 13.3. The molecular formula is C22H28N2O4S. The normalized spacial score (nSPS) is 15.0. The van der Waals surface area contributed by atoms with Gasteiger partial charge in [-0.2, -0.15) is 0 Å². The van der Waals surface area contributed by atoms with Crippen molar-refractivity contribution in [1.82, 2.24) is 5.32 Å². The maximum Gasteiger partial charge on any atom is 0.261 e. The highest BCUT2D eigenvalue weighted by molar-refractivity contribution is 7.92. The molecule has 0 atom stereocenters. The fourth-order valence-electron chi connectivity index (χ4n) is 3.24. The molecule has 1 saturated carbocycles. The van der Waals surface area contributed by atoms with Crippen LogP contribution in [0.25, 0.3) is 0 Å². The van der Waals surface area contributed by atoms with Crippen LogP contribution >= 0.6 is 0 Å². The van der Waals surface area contributed by atoms with Gasteiger partial charge in [0.05, 0.1) is 17.4 Å². The van der Waals surface area contributed by atoms with Crippen LogP contribution in [0.15, 0.2) is 53.4 Å². The molecular weight excluding hydrogens is 388 g/mol. The van der Waals surface area contributed by atoms with E-state index in [-0.39, 0.29) is 10.8 Å². The van der Waals surface area contributed by atoms with Crippen molar-refractivity contribution in [1.29, 1.82) is 0 Å². The lowest BCUT2D eigenvalue weighted by atomic mass is 9.94. The number of methoxy groups -OCH3 is 1. The van der Waals surface area contributed by atoms with Crippen LogP contribution in [0.4, 0.5) is 5.69 Å². The molecule has 0 bridgehead atoms. The number of carbonyl (C=O) groups excluding carboxylic acids is 1. The Hall–Kier alpha value is -2.54. The number of ether oxygens (including phenoxy) is 1. The summed E-state index contributed by atoms with van der Waals surface area (Å²) in [6.07, 6.45) is 2.59. The average molecular weight is 417 g/mol. The number of rotatable bonds is 9. The van der Waals surface area contributed by atoms with Gasteiger partial charge in [0.25, 0.3) is 10.0 Å². The van der Waals surface area contributed by atoms with Gasteiger partial charge in [-0.25, -0.2) is 8.42 Å². The number of sulfonamides is 1. The van der Waals surface area contributed by atoms with E-state index in [4.69, 9.17) is 4.74 Å². The Balaban J connectivity index is 1.67. The van der Waals surface area contributed by atoms with Crippen LogP contribution in [0.5, 0.6) is 5.75 Å². The Morgan fingerprint density at radius 1 is 1.07 bits per heavy atom. The number of carbonyl (C=O) groups is 1. The van der Waals surface area contributed by atoms with Crippen molar-refractivity contribution in [2.24, 2.45) is 5.92 Å². The smallest absolute Gasteiger partial charge is 0.261 e. The van der Waals surface area contributed by atoms with E-state index in [1.54, 1.807) is 24.3 Å². The minimum Gasteiger partial charge on any atom is -0.497 e. The van der Waals surface area contributed by atoms with E-state index < -0.39 is 15.4 Å². The molecule has 6 nitrogen and oxygen atoms in total. The summed E-state index contributed by atoms with van der Waals surface area (Å²) >= 11 is 0. The standard InChI is InChI=1S/C22H28N2O4S/c1-16(2)12-15-23-21(25)22(13-14-22)17-4-6-18(7-5-17)24-29(26,27)20-10-8-19(28-3)9-11-20/h4-11,16,24H,12-15H2,1-3H3,(H,23,25). The van der Waals surface area contributed by atoms with Crippen LogP contribution in [-0.4, -0.2) is 28.0 Å². The van der Waals surface area contributed by atoms with E-state index in [2.05, 4.69) is 23.9 Å². The molecule has 1 amide bonds. The van der Waals surface area contributed by atoms with Crippen molar-refractivity contribution in [3.05, 3.63) is 54.1 Å². The third-order valence-electron chi connectivity index (χ3n) is 5.25. The second-order valence-corrected chi connectivity index (χ2v) is 9.56. The van der Waals surface area contributed by atoms with E-state index in [1.807, 2.05) is 12.1 Å². The highest BCUT2D eigenvalue weighted by Crippen LogP contribution is 2.48. The highest BCUT2D eigenvalue weighted by Gasteiger charge is 2.51. The fourth-order valence-corrected chi connectivity index (χ4v) is 4.30. The molecule has 2 N–H and O–H groups in total. The zero-order valence-electron chi connectivity index (χ0n) is 17.1. The minimum atomic E-state index is -3.69. The number of amides is 1. The molecule has 0 heterocycles. The molecule has 1 fully saturated rings. The molecule has 0 unspecified atom stereocenters. The van der Waals surface area contributed by atoms with Gasteiger partial charge in [0.2, 0.25) is 5.91 Å². The SMILES string of the molecule is COc1ccc(S(=O)(=O)Nc2ccc(C3(C(=O)NCCC(C)C)CC3)cc2)cc1. The average Bonchev–Trinajstić information content (AvgIpc) is 3.50. The van der Waals surface area contributed by atoms with Gasteiger partial charge in [-0.1, -0.05) is 26.0 Å². The molecule has 7 heteroatoms. The zero-order chi connectivity index (χ0) is 21.1. The Morgan fingerprint density at radius 2 is 1.69 bits per heavy atom. The summed E-state index contributed by atoms with van der Waals surface area (Å²) in [5.41, 5.74) is 0.914. The zero-order valence-corrected chi connectivity index (χ0v) is 17.9. The van der Waals surface area contributed by atoms with Crippen molar-refractivity contribution in [2.45, 2.75) is 43.4 Å². The second kappa shape index (κ2) is 8.45. The Bertz CT molecular complexity index is 947. The van der Waals surface area contributed by atoms with Crippen molar-refractivity contribution in [3.8, 4) is 5.75 Å². The lowest BCUT2D eigenvalue weighted by Crippen LogP contribution is -2.35. The van der Waals surface area contributed by atoms with Crippen molar-refractivity contribution < 1.29 is 17.9 Å². The Morgan fingerprint density at radius 3 is 2.21 bits per heavy atom. The molecule has 0 aromatic heterocycles. The van der Waals surface area contributed by atoms with E-state index in [0.717, 1.165) is 24.8 Å². The third-order valence-corrected chi connectivity index (χ3v) is 6.65. The van der Waals surface area contributed by atoms with Gasteiger partial charge in [-0.15, -0.1) is 0 Å². The van der Waals surface area contributed by atoms with Crippen LogP contribution in [0.3, 0.4) is 0 Å². The van der Waals surface area contributed by atoms with Crippen molar-refractivity contribution in [2.75, 3.05) is 18.4 Å². The molecule has 2 aromatic rings. The lowest BCUT2D eigenvalue weighted by molar-refractivity contribution is -0.123. The first-order valence-electron chi connectivity index (χ1n) is 9.82. The molecule has 29 heavy (non-hydrogen) atoms. The topological polar surface area (TPSA) is 84.5 Å². The molecule has 0 radical (unpaired) electrons. The van der Waals surface area contributed by atoms with Gasteiger partial charge < -0.3 is 10.1 Å². The predicted molar refractivity (Wildman–Crippen MR) is 114 cm³/mol. The van der Waals surface area contributed by atoms with Gasteiger partial charge in [0.15, 0.2) is 0 Å². The number of hydrogen-bond acceptors (Lipinski definition) is 4. The summed E-state index contributed by atoms with van der Waals surface area (Å²) in [7, 11) is -2.16. The number of benzene rings is 2. The van der Waals surface area contributed by atoms with Gasteiger partial charge in [0.1, 0.15) is 5.75 Å². The molecule has 156 valence electrons. The van der Waals surface area contributed by atoms with Crippen LogP contribution in [0.2, 0.25) is 0 Å². The maximum absolute atomic E-state index is 12.6. The van der Waals surface area contributed by atoms with Crippen LogP contribution in [0.1, 0.15) is 38.7 Å². The summed E-state index contributed by atoms with van der Waals surface area (Å²) in [6.45, 7) is 4.94. The minimum absolute atomic E-state index is 0.0599. The van der Waals surface area contributed by atoms with Gasteiger partial charge >= 0.3 is 0 Å². The molecule has 1 aliphatic carbocycles. The summed E-state index contributed by atoms with van der Waals surface area (Å²) in [5, 5.41) is 3.04. The van der Waals surface area contributed by atoms with Crippen molar-refractivity contribution in [3.63, 3.8) is 0 Å². The van der Waals surface area contributed by atoms with Gasteiger partial charge in [-0.3, -0.25) is 9.52 Å². The first-order chi connectivity index (χ1) is 13.8. The van der Waals surface area contributed by atoms with Gasteiger partial charge in [0, 0.05) is 12.2 Å². The number of anilines is 1. The third kappa shape index (κ3) is 4.90. The van der Waals surface area contributed by atoms with Gasteiger partial charge in [-0.05, 0) is 67.1 Å². The Labute approximate surface area is 172 Å². The highest BCUT2D eigenvalue weighted by atomic mass is 32.2. The molecule has 2 aromatic carbocycles. The molecule has 0 aliphatic heterocycles. The number of nitrogens with one attached hydrogen (secondary N) is 2. The second-order valence-electron chi connectivity index (χ2n) is 7.88. The van der Waals surface area contributed by atoms with E-state index in [0.29, 0.717) is 23.9 Å². The lowest BCUT2D eigenvalue weighted by Gasteiger charge is -2.17. The van der Waals surface area contributed by atoms with E-state index in [9.17, 15) is 13.2 Å². The molecule has 1 aliphatic rings. The number of hydrogen-bond donors (Lipinski definition) is 2. The van der Waals surface area contributed by atoms with Crippen LogP contribution in [0, 0.1) is 5.92 Å². The van der Waals surface area contributed by atoms with Crippen molar-refractivity contribution >= 4 is 21.6 Å². The van der Waals surface area contributed by atoms with E-state index in [1.165, 1.54) is 19.2 Å². The largest absolute Gasteiger partial charge is 0.497 e. The predicted octanol–water partition coefficient (Wildman–Crippen LogP) is 3.69. The Kier molecular flexibility index (Phi) is 6.17. The first kappa shape index (κ1) is 21.2. The van der Waals surface area contributed by atoms with E-state index >= 15 is 0 Å². The fraction of sp³-hybridized carbons (Fsp3) is 0.409. The molecule has 0 saturated heterocycles. The monoisotopic (exact) mass is 416 g/mol. The summed E-state index contributed by atoms with van der Waals surface area (Å²) < 4.78 is 32.8. The molecule has 0 spiro atoms. The molecule has 3 rings (SSSR count). The summed E-state index contributed by atoms with van der Waals surface area (Å²) in [4.78, 5) is 12.8. The van der Waals surface area contributed by atoms with Crippen LogP contribution < -0.4 is 14.8 Å². The maximum atomic E-state index is 12.6. The van der Waals surface area contributed by atoms with Crippen LogP contribution in [-0.2, 0) is 20.2 Å². The first-order valence-corrected chi connectivity index (χ1v) is 11.3.